The average molecular weight is 143 g/mol. The topological polar surface area (TPSA) is 52.3 Å². The third-order valence-electron chi connectivity index (χ3n) is 2.01. The van der Waals surface area contributed by atoms with E-state index in [1.807, 2.05) is 0 Å². The molecule has 0 aliphatic heterocycles. The number of carbonyl (C=O) groups is 1. The quantitative estimate of drug-likeness (QED) is 0.537. The summed E-state index contributed by atoms with van der Waals surface area (Å²) in [7, 11) is 1.42. The molecular formula is C7H13NO2. The van der Waals surface area contributed by atoms with Gasteiger partial charge in [-0.1, -0.05) is 0 Å². The van der Waals surface area contributed by atoms with Crippen LogP contribution in [0.2, 0.25) is 0 Å². The van der Waals surface area contributed by atoms with Crippen LogP contribution in [0.1, 0.15) is 19.3 Å². The first kappa shape index (κ1) is 7.54. The highest BCUT2D eigenvalue weighted by molar-refractivity contribution is 5.72. The summed E-state index contributed by atoms with van der Waals surface area (Å²) in [5.41, 5.74) is 5.61. The molecule has 0 aromatic rings. The molecule has 3 heteroatoms. The van der Waals surface area contributed by atoms with Gasteiger partial charge in [0.2, 0.25) is 0 Å². The molecule has 58 valence electrons. The first-order chi connectivity index (χ1) is 4.74. The van der Waals surface area contributed by atoms with Crippen molar-refractivity contribution in [3.8, 4) is 0 Å². The van der Waals surface area contributed by atoms with Crippen molar-refractivity contribution in [1.29, 1.82) is 0 Å². The van der Waals surface area contributed by atoms with Crippen LogP contribution in [0.5, 0.6) is 0 Å². The van der Waals surface area contributed by atoms with Gasteiger partial charge in [0.25, 0.3) is 0 Å². The lowest BCUT2D eigenvalue weighted by molar-refractivity contribution is -0.145. The number of hydrogen-bond donors (Lipinski definition) is 1. The molecule has 0 spiro atoms. The Labute approximate surface area is 60.5 Å². The first-order valence-corrected chi connectivity index (χ1v) is 3.57. The van der Waals surface area contributed by atoms with Gasteiger partial charge in [-0.15, -0.1) is 0 Å². The summed E-state index contributed by atoms with van der Waals surface area (Å²) in [5.74, 6) is -0.0343. The van der Waals surface area contributed by atoms with Crippen LogP contribution >= 0.6 is 0 Å². The number of methoxy groups -OCH3 is 1. The molecule has 0 amide bonds. The minimum absolute atomic E-state index is 0.0694. The number of hydrogen-bond acceptors (Lipinski definition) is 3. The third-order valence-corrected chi connectivity index (χ3v) is 2.01. The van der Waals surface area contributed by atoms with E-state index in [1.165, 1.54) is 7.11 Å². The van der Waals surface area contributed by atoms with Crippen molar-refractivity contribution in [1.82, 2.24) is 0 Å². The summed E-state index contributed by atoms with van der Waals surface area (Å²) in [6.45, 7) is 0. The van der Waals surface area contributed by atoms with Gasteiger partial charge in [0.15, 0.2) is 0 Å². The van der Waals surface area contributed by atoms with Crippen LogP contribution in [0.3, 0.4) is 0 Å². The zero-order valence-electron chi connectivity index (χ0n) is 6.17. The third kappa shape index (κ3) is 1.48. The van der Waals surface area contributed by atoms with Gasteiger partial charge < -0.3 is 10.5 Å². The van der Waals surface area contributed by atoms with Crippen LogP contribution in [0.15, 0.2) is 0 Å². The molecule has 1 aliphatic carbocycles. The van der Waals surface area contributed by atoms with Gasteiger partial charge in [-0.05, 0) is 19.3 Å². The largest absolute Gasteiger partial charge is 0.469 e. The molecule has 3 nitrogen and oxygen atoms in total. The van der Waals surface area contributed by atoms with Crippen molar-refractivity contribution in [2.75, 3.05) is 7.11 Å². The molecule has 2 atom stereocenters. The molecule has 10 heavy (non-hydrogen) atoms. The number of carbonyl (C=O) groups excluding carboxylic acids is 1. The van der Waals surface area contributed by atoms with Crippen LogP contribution in [0.25, 0.3) is 0 Å². The standard InChI is InChI=1S/C7H13NO2/c1-10-7(9)5-2-3-6(8)4-5/h5-6H,2-4,8H2,1H3/t5?,6-/m0/s1. The summed E-state index contributed by atoms with van der Waals surface area (Å²) >= 11 is 0. The van der Waals surface area contributed by atoms with E-state index < -0.39 is 0 Å². The van der Waals surface area contributed by atoms with Gasteiger partial charge in [0.05, 0.1) is 13.0 Å². The lowest BCUT2D eigenvalue weighted by Gasteiger charge is -2.04. The molecule has 2 N–H and O–H groups in total. The van der Waals surface area contributed by atoms with Crippen molar-refractivity contribution < 1.29 is 9.53 Å². The maximum Gasteiger partial charge on any atom is 0.308 e. The number of rotatable bonds is 1. The normalized spacial score (nSPS) is 32.2. The molecular weight excluding hydrogens is 130 g/mol. The summed E-state index contributed by atoms with van der Waals surface area (Å²) < 4.78 is 4.59. The predicted octanol–water partition coefficient (Wildman–Crippen LogP) is 0.287. The Morgan fingerprint density at radius 1 is 1.60 bits per heavy atom. The monoisotopic (exact) mass is 143 g/mol. The summed E-state index contributed by atoms with van der Waals surface area (Å²) in [4.78, 5) is 10.9. The Morgan fingerprint density at radius 3 is 2.70 bits per heavy atom. The molecule has 1 fully saturated rings. The highest BCUT2D eigenvalue weighted by Crippen LogP contribution is 2.24. The van der Waals surface area contributed by atoms with Crippen molar-refractivity contribution in [2.45, 2.75) is 25.3 Å². The molecule has 1 unspecified atom stereocenters. The zero-order valence-corrected chi connectivity index (χ0v) is 6.17. The minimum Gasteiger partial charge on any atom is -0.469 e. The lowest BCUT2D eigenvalue weighted by Crippen LogP contribution is -2.18. The van der Waals surface area contributed by atoms with Crippen molar-refractivity contribution in [2.24, 2.45) is 11.7 Å². The van der Waals surface area contributed by atoms with Crippen LogP contribution < -0.4 is 5.73 Å². The van der Waals surface area contributed by atoms with E-state index in [9.17, 15) is 4.79 Å². The maximum absolute atomic E-state index is 10.9. The summed E-state index contributed by atoms with van der Waals surface area (Å²) in [6.07, 6.45) is 2.65. The van der Waals surface area contributed by atoms with Crippen molar-refractivity contribution in [3.63, 3.8) is 0 Å². The lowest BCUT2D eigenvalue weighted by atomic mass is 10.1. The van der Waals surface area contributed by atoms with Gasteiger partial charge in [-0.2, -0.15) is 0 Å². The second-order valence-electron chi connectivity index (χ2n) is 2.79. The molecule has 0 bridgehead atoms. The van der Waals surface area contributed by atoms with Crippen molar-refractivity contribution in [3.05, 3.63) is 0 Å². The highest BCUT2D eigenvalue weighted by atomic mass is 16.5. The van der Waals surface area contributed by atoms with Gasteiger partial charge in [-0.25, -0.2) is 0 Å². The minimum atomic E-state index is -0.104. The molecule has 0 radical (unpaired) electrons. The molecule has 0 aromatic carbocycles. The molecule has 1 saturated carbocycles. The Bertz CT molecular complexity index is 136. The van der Waals surface area contributed by atoms with Crippen LogP contribution in [0.4, 0.5) is 0 Å². The molecule has 0 heterocycles. The average Bonchev–Trinajstić information content (AvgIpc) is 2.34. The van der Waals surface area contributed by atoms with Crippen molar-refractivity contribution >= 4 is 5.97 Å². The SMILES string of the molecule is COC(=O)C1CC[C@H](N)C1. The van der Waals surface area contributed by atoms with E-state index in [4.69, 9.17) is 5.73 Å². The smallest absolute Gasteiger partial charge is 0.308 e. The van der Waals surface area contributed by atoms with Crippen LogP contribution in [0, 0.1) is 5.92 Å². The second-order valence-corrected chi connectivity index (χ2v) is 2.79. The van der Waals surface area contributed by atoms with E-state index in [2.05, 4.69) is 4.74 Å². The fraction of sp³-hybridized carbons (Fsp3) is 0.857. The van der Waals surface area contributed by atoms with Gasteiger partial charge >= 0.3 is 5.97 Å². The molecule has 0 saturated heterocycles. The Morgan fingerprint density at radius 2 is 2.30 bits per heavy atom. The van der Waals surface area contributed by atoms with E-state index >= 15 is 0 Å². The Kier molecular flexibility index (Phi) is 2.27. The van der Waals surface area contributed by atoms with E-state index in [-0.39, 0.29) is 17.9 Å². The molecule has 0 aromatic heterocycles. The Balaban J connectivity index is 2.37. The summed E-state index contributed by atoms with van der Waals surface area (Å²) in [6, 6.07) is 0.212. The van der Waals surface area contributed by atoms with Crippen LogP contribution in [-0.2, 0) is 9.53 Å². The van der Waals surface area contributed by atoms with Gasteiger partial charge in [0, 0.05) is 6.04 Å². The Hall–Kier alpha value is -0.570. The van der Waals surface area contributed by atoms with Gasteiger partial charge in [0.1, 0.15) is 0 Å². The second kappa shape index (κ2) is 3.01. The molecule has 1 rings (SSSR count). The van der Waals surface area contributed by atoms with E-state index in [1.54, 1.807) is 0 Å². The zero-order chi connectivity index (χ0) is 7.56. The summed E-state index contributed by atoms with van der Waals surface area (Å²) in [5, 5.41) is 0. The van der Waals surface area contributed by atoms with Crippen LogP contribution in [-0.4, -0.2) is 19.1 Å². The molecule has 1 aliphatic rings. The highest BCUT2D eigenvalue weighted by Gasteiger charge is 2.27. The number of ether oxygens (including phenoxy) is 1. The number of esters is 1. The maximum atomic E-state index is 10.9. The van der Waals surface area contributed by atoms with Gasteiger partial charge in [-0.3, -0.25) is 4.79 Å². The first-order valence-electron chi connectivity index (χ1n) is 3.57. The fourth-order valence-corrected chi connectivity index (χ4v) is 1.40. The van der Waals surface area contributed by atoms with E-state index in [0.29, 0.717) is 0 Å². The fourth-order valence-electron chi connectivity index (χ4n) is 1.40. The number of nitrogens with two attached hydrogens (primary N) is 1. The van der Waals surface area contributed by atoms with E-state index in [0.717, 1.165) is 19.3 Å². The predicted molar refractivity (Wildman–Crippen MR) is 37.3 cm³/mol.